The standard InChI is InChI=1S/C54H36BNOSSi/c1-4-18-40(19-5-1)59(41-20-6-2-7-21-41,42-22-8-3-9-23-42)43-24-16-17-37(33-43)38-34-47-46-32-31-39(56-49-28-13-10-25-44(49)45-26-11-14-29-50(45)56)36-53(46)58-55-48-27-12-15-30-51(48)57-52(35-38)54(47)55/h1-36H. The number of hydrogen-bond donors (Lipinski definition) is 0. The second kappa shape index (κ2) is 13.7. The predicted octanol–water partition coefficient (Wildman–Crippen LogP) is 9.81. The predicted molar refractivity (Wildman–Crippen MR) is 253 cm³/mol. The van der Waals surface area contributed by atoms with Crippen LogP contribution in [0, 0.1) is 0 Å². The Morgan fingerprint density at radius 3 is 1.66 bits per heavy atom. The zero-order chi connectivity index (χ0) is 38.9. The van der Waals surface area contributed by atoms with Gasteiger partial charge >= 0.3 is 0 Å². The first-order valence-corrected chi connectivity index (χ1v) is 23.2. The summed E-state index contributed by atoms with van der Waals surface area (Å²) in [6, 6.07) is 80.7. The summed E-state index contributed by atoms with van der Waals surface area (Å²) in [4.78, 5) is 1.28. The van der Waals surface area contributed by atoms with E-state index in [9.17, 15) is 0 Å². The number of rotatable bonds is 6. The van der Waals surface area contributed by atoms with Gasteiger partial charge in [-0.3, -0.25) is 0 Å². The lowest BCUT2D eigenvalue weighted by atomic mass is 9.57. The minimum Gasteiger partial charge on any atom is -0.458 e. The number of hydrogen-bond acceptors (Lipinski definition) is 2. The summed E-state index contributed by atoms with van der Waals surface area (Å²) in [6.45, 7) is 0. The van der Waals surface area contributed by atoms with Gasteiger partial charge in [0.1, 0.15) is 11.5 Å². The first-order chi connectivity index (χ1) is 29.3. The number of aromatic nitrogens is 1. The van der Waals surface area contributed by atoms with Crippen LogP contribution >= 0.6 is 11.6 Å². The van der Waals surface area contributed by atoms with Crippen LogP contribution in [0.5, 0.6) is 11.5 Å². The highest BCUT2D eigenvalue weighted by atomic mass is 32.2. The number of para-hydroxylation sites is 3. The Kier molecular flexibility index (Phi) is 7.94. The zero-order valence-electron chi connectivity index (χ0n) is 32.1. The first kappa shape index (κ1) is 34.3. The van der Waals surface area contributed by atoms with Crippen molar-refractivity contribution in [3.05, 3.63) is 218 Å². The summed E-state index contributed by atoms with van der Waals surface area (Å²) in [5, 5.41) is 7.98. The Morgan fingerprint density at radius 1 is 0.424 bits per heavy atom. The van der Waals surface area contributed by atoms with Crippen LogP contribution in [-0.4, -0.2) is 18.6 Å². The van der Waals surface area contributed by atoms with Crippen molar-refractivity contribution < 1.29 is 4.74 Å². The summed E-state index contributed by atoms with van der Waals surface area (Å²) in [5.74, 6) is 1.98. The maximum Gasteiger partial charge on any atom is 0.289 e. The van der Waals surface area contributed by atoms with Crippen molar-refractivity contribution in [1.82, 2.24) is 4.57 Å². The fraction of sp³-hybridized carbons (Fsp3) is 0. The second-order valence-electron chi connectivity index (χ2n) is 15.6. The van der Waals surface area contributed by atoms with Crippen molar-refractivity contribution in [2.45, 2.75) is 4.90 Å². The van der Waals surface area contributed by atoms with Gasteiger partial charge in [0.25, 0.3) is 5.99 Å². The molecule has 3 heterocycles. The van der Waals surface area contributed by atoms with Crippen LogP contribution in [0.3, 0.4) is 0 Å². The molecule has 0 saturated carbocycles. The molecule has 0 radical (unpaired) electrons. The van der Waals surface area contributed by atoms with Crippen molar-refractivity contribution >= 4 is 79.2 Å². The van der Waals surface area contributed by atoms with E-state index in [4.69, 9.17) is 4.74 Å². The minimum absolute atomic E-state index is 0.112. The van der Waals surface area contributed by atoms with E-state index in [-0.39, 0.29) is 5.99 Å². The molecule has 12 rings (SSSR count). The number of nitrogens with zero attached hydrogens (tertiary/aromatic N) is 1. The third-order valence-electron chi connectivity index (χ3n) is 12.4. The molecule has 276 valence electrons. The van der Waals surface area contributed by atoms with Gasteiger partial charge in [0.15, 0.2) is 8.07 Å². The van der Waals surface area contributed by atoms with E-state index in [1.165, 1.54) is 80.8 Å². The van der Waals surface area contributed by atoms with Gasteiger partial charge in [-0.1, -0.05) is 176 Å². The fourth-order valence-corrected chi connectivity index (χ4v) is 16.1. The molecular formula is C54H36BNOSSi. The van der Waals surface area contributed by atoms with Crippen LogP contribution in [0.4, 0.5) is 0 Å². The lowest BCUT2D eigenvalue weighted by Crippen LogP contribution is -2.74. The largest absolute Gasteiger partial charge is 0.458 e. The smallest absolute Gasteiger partial charge is 0.289 e. The summed E-state index contributed by atoms with van der Waals surface area (Å²) in [5.41, 5.74) is 10.9. The van der Waals surface area contributed by atoms with E-state index < -0.39 is 8.07 Å². The Hall–Kier alpha value is -6.79. The molecule has 2 aliphatic rings. The molecule has 2 nitrogen and oxygen atoms in total. The molecular weight excluding hydrogens is 750 g/mol. The van der Waals surface area contributed by atoms with Crippen LogP contribution in [0.15, 0.2) is 223 Å². The van der Waals surface area contributed by atoms with E-state index in [0.29, 0.717) is 0 Å². The van der Waals surface area contributed by atoms with Gasteiger partial charge in [0.05, 0.1) is 11.0 Å². The highest BCUT2D eigenvalue weighted by Crippen LogP contribution is 2.46. The van der Waals surface area contributed by atoms with Crippen LogP contribution in [0.25, 0.3) is 49.7 Å². The van der Waals surface area contributed by atoms with Gasteiger partial charge in [-0.15, -0.1) is 0 Å². The normalized spacial score (nSPS) is 12.8. The topological polar surface area (TPSA) is 14.2 Å². The van der Waals surface area contributed by atoms with Crippen LogP contribution in [-0.2, 0) is 0 Å². The third-order valence-corrected chi connectivity index (χ3v) is 18.5. The highest BCUT2D eigenvalue weighted by molar-refractivity contribution is 8.28. The Morgan fingerprint density at radius 2 is 1.00 bits per heavy atom. The summed E-state index contributed by atoms with van der Waals surface area (Å²) >= 11 is 1.94. The zero-order valence-corrected chi connectivity index (χ0v) is 33.9. The second-order valence-corrected chi connectivity index (χ2v) is 20.5. The third kappa shape index (κ3) is 5.28. The van der Waals surface area contributed by atoms with Gasteiger partial charge < -0.3 is 9.30 Å². The molecule has 2 aliphatic heterocycles. The molecule has 9 aromatic carbocycles. The number of fused-ring (bicyclic) bond motifs is 7. The summed E-state index contributed by atoms with van der Waals surface area (Å²) in [7, 11) is -2.73. The van der Waals surface area contributed by atoms with Crippen LogP contribution < -0.4 is 36.4 Å². The first-order valence-electron chi connectivity index (χ1n) is 20.3. The molecule has 0 atom stereocenters. The summed E-state index contributed by atoms with van der Waals surface area (Å²) in [6.07, 6.45) is 0. The van der Waals surface area contributed by atoms with E-state index in [2.05, 4.69) is 223 Å². The van der Waals surface area contributed by atoms with E-state index in [0.717, 1.165) is 17.1 Å². The molecule has 0 N–H and O–H groups in total. The molecule has 5 heteroatoms. The maximum absolute atomic E-state index is 6.88. The Balaban J connectivity index is 1.07. The molecule has 0 bridgehead atoms. The van der Waals surface area contributed by atoms with Crippen molar-refractivity contribution in [2.24, 2.45) is 0 Å². The lowest BCUT2D eigenvalue weighted by Gasteiger charge is -2.35. The minimum atomic E-state index is -2.73. The molecule has 59 heavy (non-hydrogen) atoms. The molecule has 0 spiro atoms. The van der Waals surface area contributed by atoms with Gasteiger partial charge in [-0.2, -0.15) is 11.6 Å². The molecule has 0 aliphatic carbocycles. The average molecular weight is 786 g/mol. The molecule has 0 unspecified atom stereocenters. The molecule has 0 amide bonds. The van der Waals surface area contributed by atoms with Crippen LogP contribution in [0.2, 0.25) is 0 Å². The Bertz CT molecular complexity index is 3090. The molecule has 1 aromatic heterocycles. The maximum atomic E-state index is 6.88. The Labute approximate surface area is 349 Å². The highest BCUT2D eigenvalue weighted by Gasteiger charge is 2.42. The van der Waals surface area contributed by atoms with Crippen molar-refractivity contribution in [2.75, 3.05) is 0 Å². The van der Waals surface area contributed by atoms with Crippen molar-refractivity contribution in [1.29, 1.82) is 0 Å². The van der Waals surface area contributed by atoms with E-state index >= 15 is 0 Å². The fourth-order valence-electron chi connectivity index (χ4n) is 9.85. The summed E-state index contributed by atoms with van der Waals surface area (Å²) < 4.78 is 9.30. The quantitative estimate of drug-likeness (QED) is 0.123. The molecule has 0 saturated heterocycles. The van der Waals surface area contributed by atoms with E-state index in [1.54, 1.807) is 0 Å². The van der Waals surface area contributed by atoms with Gasteiger partial charge in [-0.25, -0.2) is 0 Å². The molecule has 10 aromatic rings. The number of benzene rings is 9. The van der Waals surface area contributed by atoms with Gasteiger partial charge in [0, 0.05) is 21.4 Å². The molecule has 0 fully saturated rings. The lowest BCUT2D eigenvalue weighted by molar-refractivity contribution is 0.488. The average Bonchev–Trinajstić information content (AvgIpc) is 3.65. The van der Waals surface area contributed by atoms with Crippen molar-refractivity contribution in [3.8, 4) is 39.4 Å². The monoisotopic (exact) mass is 785 g/mol. The van der Waals surface area contributed by atoms with Gasteiger partial charge in [-0.05, 0) is 96.4 Å². The van der Waals surface area contributed by atoms with Crippen LogP contribution in [0.1, 0.15) is 0 Å². The number of ether oxygens (including phenoxy) is 1. The SMILES string of the molecule is c1ccc([Si](c2ccccc2)(c2ccccc2)c2cccc(-c3cc4c5c(c3)-c3ccc(-n6c7ccccc7c7ccccc76)cc3SB5c3ccccc3O4)c2)cc1. The van der Waals surface area contributed by atoms with E-state index in [1.807, 2.05) is 11.6 Å². The van der Waals surface area contributed by atoms with Gasteiger partial charge in [0.2, 0.25) is 0 Å². The van der Waals surface area contributed by atoms with Crippen molar-refractivity contribution in [3.63, 3.8) is 0 Å².